The molecule has 0 radical (unpaired) electrons. The van der Waals surface area contributed by atoms with Crippen molar-refractivity contribution in [1.29, 1.82) is 0 Å². The fraction of sp³-hybridized carbons (Fsp3) is 0. The lowest BCUT2D eigenvalue weighted by Gasteiger charge is -2.05. The first-order valence-corrected chi connectivity index (χ1v) is 6.78. The molecule has 3 rings (SSSR count). The first kappa shape index (κ1) is 13.9. The molecule has 0 amide bonds. The summed E-state index contributed by atoms with van der Waals surface area (Å²) in [5, 5.41) is 4.59. The molecule has 6 heteroatoms. The second-order valence-electron chi connectivity index (χ2n) is 4.41. The van der Waals surface area contributed by atoms with Gasteiger partial charge in [0, 0.05) is 21.2 Å². The molecule has 0 unspecified atom stereocenters. The van der Waals surface area contributed by atoms with Gasteiger partial charge in [0.1, 0.15) is 5.82 Å². The SMILES string of the molecule is Nc1noc(-c2cc(Cl)cc(Cl)c2)c1-c1ccccc1F. The van der Waals surface area contributed by atoms with Crippen LogP contribution in [0.4, 0.5) is 10.2 Å². The van der Waals surface area contributed by atoms with E-state index < -0.39 is 5.82 Å². The Morgan fingerprint density at radius 1 is 1.05 bits per heavy atom. The maximum Gasteiger partial charge on any atom is 0.177 e. The van der Waals surface area contributed by atoms with Crippen LogP contribution >= 0.6 is 23.2 Å². The van der Waals surface area contributed by atoms with Gasteiger partial charge < -0.3 is 10.3 Å². The van der Waals surface area contributed by atoms with Gasteiger partial charge in [-0.15, -0.1) is 0 Å². The number of rotatable bonds is 2. The van der Waals surface area contributed by atoms with Crippen LogP contribution in [0.1, 0.15) is 0 Å². The lowest BCUT2D eigenvalue weighted by Crippen LogP contribution is -1.91. The Labute approximate surface area is 130 Å². The predicted molar refractivity (Wildman–Crippen MR) is 81.8 cm³/mol. The molecule has 0 aliphatic rings. The van der Waals surface area contributed by atoms with Crippen molar-refractivity contribution in [2.24, 2.45) is 0 Å². The van der Waals surface area contributed by atoms with Crippen LogP contribution in [0.15, 0.2) is 47.0 Å². The number of nitrogen functional groups attached to an aromatic ring is 1. The Kier molecular flexibility index (Phi) is 3.57. The van der Waals surface area contributed by atoms with Gasteiger partial charge in [-0.3, -0.25) is 0 Å². The third-order valence-corrected chi connectivity index (χ3v) is 3.42. The Morgan fingerprint density at radius 2 is 1.71 bits per heavy atom. The van der Waals surface area contributed by atoms with Crippen LogP contribution in [0.2, 0.25) is 10.0 Å². The van der Waals surface area contributed by atoms with Crippen LogP contribution < -0.4 is 5.73 Å². The number of hydrogen-bond acceptors (Lipinski definition) is 3. The molecule has 3 nitrogen and oxygen atoms in total. The average molecular weight is 323 g/mol. The zero-order valence-corrected chi connectivity index (χ0v) is 12.1. The van der Waals surface area contributed by atoms with E-state index in [0.717, 1.165) is 0 Å². The monoisotopic (exact) mass is 322 g/mol. The second kappa shape index (κ2) is 5.39. The van der Waals surface area contributed by atoms with E-state index >= 15 is 0 Å². The average Bonchev–Trinajstić information content (AvgIpc) is 2.80. The van der Waals surface area contributed by atoms with Gasteiger partial charge in [-0.05, 0) is 24.3 Å². The summed E-state index contributed by atoms with van der Waals surface area (Å²) < 4.78 is 19.3. The standard InChI is InChI=1S/C15H9Cl2FN2O/c16-9-5-8(6-10(17)7-9)14-13(15(19)20-21-14)11-3-1-2-4-12(11)18/h1-7H,(H2,19,20). The molecule has 0 bridgehead atoms. The zero-order chi connectivity index (χ0) is 15.0. The van der Waals surface area contributed by atoms with Crippen molar-refractivity contribution in [3.8, 4) is 22.5 Å². The zero-order valence-electron chi connectivity index (χ0n) is 10.6. The number of nitrogens with two attached hydrogens (primary N) is 1. The summed E-state index contributed by atoms with van der Waals surface area (Å²) in [6.45, 7) is 0. The van der Waals surface area contributed by atoms with Crippen LogP contribution in [0.25, 0.3) is 22.5 Å². The molecule has 0 fully saturated rings. The fourth-order valence-corrected chi connectivity index (χ4v) is 2.63. The summed E-state index contributed by atoms with van der Waals surface area (Å²) in [7, 11) is 0. The van der Waals surface area contributed by atoms with E-state index in [0.29, 0.717) is 32.5 Å². The Bertz CT molecular complexity index is 797. The van der Waals surface area contributed by atoms with E-state index in [9.17, 15) is 4.39 Å². The van der Waals surface area contributed by atoms with Gasteiger partial charge in [-0.1, -0.05) is 46.6 Å². The fourth-order valence-electron chi connectivity index (χ4n) is 2.11. The molecule has 1 aromatic heterocycles. The van der Waals surface area contributed by atoms with Gasteiger partial charge in [-0.2, -0.15) is 0 Å². The summed E-state index contributed by atoms with van der Waals surface area (Å²) in [4.78, 5) is 0. The van der Waals surface area contributed by atoms with E-state index in [2.05, 4.69) is 5.16 Å². The molecule has 0 saturated heterocycles. The van der Waals surface area contributed by atoms with Gasteiger partial charge in [0.15, 0.2) is 11.6 Å². The summed E-state index contributed by atoms with van der Waals surface area (Å²) in [5.41, 5.74) is 7.09. The smallest absolute Gasteiger partial charge is 0.177 e. The highest BCUT2D eigenvalue weighted by Crippen LogP contribution is 2.39. The molecule has 2 aromatic carbocycles. The minimum Gasteiger partial charge on any atom is -0.380 e. The maximum absolute atomic E-state index is 14.0. The van der Waals surface area contributed by atoms with Crippen LogP contribution in [0.5, 0.6) is 0 Å². The van der Waals surface area contributed by atoms with E-state index in [1.54, 1.807) is 36.4 Å². The van der Waals surface area contributed by atoms with Crippen molar-refractivity contribution in [1.82, 2.24) is 5.16 Å². The van der Waals surface area contributed by atoms with E-state index in [1.165, 1.54) is 6.07 Å². The minimum absolute atomic E-state index is 0.103. The van der Waals surface area contributed by atoms with Crippen molar-refractivity contribution >= 4 is 29.0 Å². The quantitative estimate of drug-likeness (QED) is 0.719. The Morgan fingerprint density at radius 3 is 2.38 bits per heavy atom. The van der Waals surface area contributed by atoms with E-state index in [-0.39, 0.29) is 5.82 Å². The van der Waals surface area contributed by atoms with Gasteiger partial charge in [-0.25, -0.2) is 4.39 Å². The lowest BCUT2D eigenvalue weighted by atomic mass is 10.0. The summed E-state index contributed by atoms with van der Waals surface area (Å²) >= 11 is 12.0. The molecule has 1 heterocycles. The van der Waals surface area contributed by atoms with Crippen molar-refractivity contribution in [2.45, 2.75) is 0 Å². The minimum atomic E-state index is -0.415. The topological polar surface area (TPSA) is 52.0 Å². The van der Waals surface area contributed by atoms with Crippen molar-refractivity contribution in [3.63, 3.8) is 0 Å². The highest BCUT2D eigenvalue weighted by molar-refractivity contribution is 6.35. The maximum atomic E-state index is 14.0. The molecule has 0 aliphatic heterocycles. The molecule has 3 aromatic rings. The van der Waals surface area contributed by atoms with E-state index in [4.69, 9.17) is 33.5 Å². The first-order chi connectivity index (χ1) is 10.1. The number of aromatic nitrogens is 1. The van der Waals surface area contributed by atoms with Crippen molar-refractivity contribution in [2.75, 3.05) is 5.73 Å². The highest BCUT2D eigenvalue weighted by atomic mass is 35.5. The van der Waals surface area contributed by atoms with Crippen LogP contribution in [0, 0.1) is 5.82 Å². The van der Waals surface area contributed by atoms with Crippen molar-refractivity contribution in [3.05, 3.63) is 58.3 Å². The molecular weight excluding hydrogens is 314 g/mol. The molecule has 2 N–H and O–H groups in total. The van der Waals surface area contributed by atoms with Gasteiger partial charge >= 0.3 is 0 Å². The van der Waals surface area contributed by atoms with Gasteiger partial charge in [0.25, 0.3) is 0 Å². The second-order valence-corrected chi connectivity index (χ2v) is 5.28. The van der Waals surface area contributed by atoms with Crippen LogP contribution in [-0.4, -0.2) is 5.16 Å². The molecule has 21 heavy (non-hydrogen) atoms. The number of benzene rings is 2. The summed E-state index contributed by atoms with van der Waals surface area (Å²) in [5.74, 6) is 0.00923. The normalized spacial score (nSPS) is 10.8. The molecule has 106 valence electrons. The lowest BCUT2D eigenvalue weighted by molar-refractivity contribution is 0.436. The first-order valence-electron chi connectivity index (χ1n) is 6.03. The third kappa shape index (κ3) is 2.60. The Hall–Kier alpha value is -2.04. The predicted octanol–water partition coefficient (Wildman–Crippen LogP) is 5.04. The van der Waals surface area contributed by atoms with Crippen LogP contribution in [0.3, 0.4) is 0 Å². The summed E-state index contributed by atoms with van der Waals surface area (Å²) in [6, 6.07) is 11.1. The van der Waals surface area contributed by atoms with Crippen LogP contribution in [-0.2, 0) is 0 Å². The number of hydrogen-bond donors (Lipinski definition) is 1. The Balaban J connectivity index is 2.24. The number of halogens is 3. The summed E-state index contributed by atoms with van der Waals surface area (Å²) in [6.07, 6.45) is 0. The highest BCUT2D eigenvalue weighted by Gasteiger charge is 2.20. The number of nitrogens with zero attached hydrogens (tertiary/aromatic N) is 1. The number of anilines is 1. The molecule has 0 saturated carbocycles. The van der Waals surface area contributed by atoms with Gasteiger partial charge in [0.05, 0.1) is 5.56 Å². The third-order valence-electron chi connectivity index (χ3n) is 2.99. The molecule has 0 aliphatic carbocycles. The van der Waals surface area contributed by atoms with Gasteiger partial charge in [0.2, 0.25) is 0 Å². The molecule has 0 atom stereocenters. The molecule has 0 spiro atoms. The largest absolute Gasteiger partial charge is 0.380 e. The molecular formula is C15H9Cl2FN2O. The van der Waals surface area contributed by atoms with E-state index in [1.807, 2.05) is 0 Å². The van der Waals surface area contributed by atoms with Crippen molar-refractivity contribution < 1.29 is 8.91 Å².